The van der Waals surface area contributed by atoms with Crippen LogP contribution in [0.4, 0.5) is 11.4 Å². The SMILES string of the molecule is Cc1c(Cl)cccc1N1C[C@H](C(=O)Nc2ccccc2C(=O)NC2CCCCC2)CC1=O. The first-order valence-electron chi connectivity index (χ1n) is 11.2. The Labute approximate surface area is 193 Å². The first-order chi connectivity index (χ1) is 15.4. The van der Waals surface area contributed by atoms with Crippen molar-refractivity contribution in [3.63, 3.8) is 0 Å². The molecule has 1 atom stereocenters. The highest BCUT2D eigenvalue weighted by Gasteiger charge is 2.36. The van der Waals surface area contributed by atoms with E-state index in [0.29, 0.717) is 16.3 Å². The number of rotatable bonds is 5. The van der Waals surface area contributed by atoms with Crippen molar-refractivity contribution in [2.75, 3.05) is 16.8 Å². The predicted molar refractivity (Wildman–Crippen MR) is 126 cm³/mol. The predicted octanol–water partition coefficient (Wildman–Crippen LogP) is 4.70. The molecule has 1 aliphatic carbocycles. The van der Waals surface area contributed by atoms with Crippen molar-refractivity contribution in [1.29, 1.82) is 0 Å². The minimum atomic E-state index is -0.504. The number of nitrogens with zero attached hydrogens (tertiary/aromatic N) is 1. The third kappa shape index (κ3) is 4.80. The fourth-order valence-corrected chi connectivity index (χ4v) is 4.71. The van der Waals surface area contributed by atoms with Crippen LogP contribution in [0.5, 0.6) is 0 Å². The summed E-state index contributed by atoms with van der Waals surface area (Å²) in [6, 6.07) is 12.6. The summed E-state index contributed by atoms with van der Waals surface area (Å²) in [7, 11) is 0. The molecule has 3 amide bonds. The smallest absolute Gasteiger partial charge is 0.253 e. The monoisotopic (exact) mass is 453 g/mol. The summed E-state index contributed by atoms with van der Waals surface area (Å²) in [6.45, 7) is 2.14. The van der Waals surface area contributed by atoms with Crippen LogP contribution in [0.3, 0.4) is 0 Å². The van der Waals surface area contributed by atoms with Crippen LogP contribution >= 0.6 is 11.6 Å². The van der Waals surface area contributed by atoms with Crippen molar-refractivity contribution in [1.82, 2.24) is 5.32 Å². The Hall–Kier alpha value is -2.86. The molecule has 2 aromatic carbocycles. The Kier molecular flexibility index (Phi) is 6.80. The normalized spacial score (nSPS) is 19.1. The molecule has 1 aliphatic heterocycles. The Morgan fingerprint density at radius 3 is 2.56 bits per heavy atom. The van der Waals surface area contributed by atoms with E-state index in [1.807, 2.05) is 13.0 Å². The van der Waals surface area contributed by atoms with Crippen molar-refractivity contribution in [2.24, 2.45) is 5.92 Å². The lowest BCUT2D eigenvalue weighted by Gasteiger charge is -2.23. The third-order valence-electron chi connectivity index (χ3n) is 6.40. The molecule has 2 aliphatic rings. The Balaban J connectivity index is 1.45. The van der Waals surface area contributed by atoms with Gasteiger partial charge in [-0.3, -0.25) is 14.4 Å². The van der Waals surface area contributed by atoms with Gasteiger partial charge in [-0.1, -0.05) is 49.1 Å². The molecule has 0 spiro atoms. The minimum Gasteiger partial charge on any atom is -0.349 e. The number of hydrogen-bond donors (Lipinski definition) is 2. The van der Waals surface area contributed by atoms with Crippen LogP contribution in [-0.4, -0.2) is 30.3 Å². The van der Waals surface area contributed by atoms with Crippen LogP contribution in [0.1, 0.15) is 54.4 Å². The summed E-state index contributed by atoms with van der Waals surface area (Å²) in [5, 5.41) is 6.57. The Morgan fingerprint density at radius 1 is 1.03 bits per heavy atom. The van der Waals surface area contributed by atoms with E-state index >= 15 is 0 Å². The zero-order valence-corrected chi connectivity index (χ0v) is 19.0. The first kappa shape index (κ1) is 22.3. The first-order valence-corrected chi connectivity index (χ1v) is 11.6. The largest absolute Gasteiger partial charge is 0.349 e. The number of carbonyl (C=O) groups excluding carboxylic acids is 3. The number of para-hydroxylation sites is 1. The maximum Gasteiger partial charge on any atom is 0.253 e. The van der Waals surface area contributed by atoms with Crippen LogP contribution in [0, 0.1) is 12.8 Å². The van der Waals surface area contributed by atoms with E-state index in [1.54, 1.807) is 41.3 Å². The van der Waals surface area contributed by atoms with Gasteiger partial charge in [0.2, 0.25) is 11.8 Å². The molecule has 32 heavy (non-hydrogen) atoms. The number of hydrogen-bond acceptors (Lipinski definition) is 3. The van der Waals surface area contributed by atoms with Crippen molar-refractivity contribution in [3.05, 3.63) is 58.6 Å². The summed E-state index contributed by atoms with van der Waals surface area (Å²) in [5.74, 6) is -1.06. The maximum absolute atomic E-state index is 13.0. The molecule has 1 heterocycles. The highest BCUT2D eigenvalue weighted by molar-refractivity contribution is 6.31. The van der Waals surface area contributed by atoms with Gasteiger partial charge in [-0.25, -0.2) is 0 Å². The second-order valence-electron chi connectivity index (χ2n) is 8.63. The van der Waals surface area contributed by atoms with Gasteiger partial charge in [-0.05, 0) is 49.6 Å². The van der Waals surface area contributed by atoms with Crippen molar-refractivity contribution >= 4 is 40.7 Å². The van der Waals surface area contributed by atoms with Crippen LogP contribution in [0.2, 0.25) is 5.02 Å². The fourth-order valence-electron chi connectivity index (χ4n) is 4.54. The van der Waals surface area contributed by atoms with E-state index in [1.165, 1.54) is 6.42 Å². The number of amides is 3. The summed E-state index contributed by atoms with van der Waals surface area (Å²) in [6.07, 6.45) is 5.56. The van der Waals surface area contributed by atoms with E-state index in [0.717, 1.165) is 36.9 Å². The maximum atomic E-state index is 13.0. The highest BCUT2D eigenvalue weighted by atomic mass is 35.5. The van der Waals surface area contributed by atoms with E-state index in [4.69, 9.17) is 11.6 Å². The summed E-state index contributed by atoms with van der Waals surface area (Å²) in [4.78, 5) is 40.1. The molecule has 0 radical (unpaired) electrons. The van der Waals surface area contributed by atoms with Crippen LogP contribution in [-0.2, 0) is 9.59 Å². The zero-order chi connectivity index (χ0) is 22.7. The molecule has 1 saturated carbocycles. The highest BCUT2D eigenvalue weighted by Crippen LogP contribution is 2.32. The average molecular weight is 454 g/mol. The molecule has 2 fully saturated rings. The lowest BCUT2D eigenvalue weighted by atomic mass is 9.95. The summed E-state index contributed by atoms with van der Waals surface area (Å²) in [5.41, 5.74) is 2.45. The van der Waals surface area contributed by atoms with Crippen molar-refractivity contribution < 1.29 is 14.4 Å². The van der Waals surface area contributed by atoms with Crippen LogP contribution < -0.4 is 15.5 Å². The van der Waals surface area contributed by atoms with Crippen LogP contribution in [0.15, 0.2) is 42.5 Å². The van der Waals surface area contributed by atoms with Gasteiger partial charge in [-0.2, -0.15) is 0 Å². The van der Waals surface area contributed by atoms with Crippen molar-refractivity contribution in [2.45, 2.75) is 51.5 Å². The molecule has 0 aromatic heterocycles. The Bertz CT molecular complexity index is 1030. The molecule has 2 N–H and O–H groups in total. The van der Waals surface area contributed by atoms with E-state index < -0.39 is 5.92 Å². The lowest BCUT2D eigenvalue weighted by molar-refractivity contribution is -0.122. The van der Waals surface area contributed by atoms with Gasteiger partial charge in [0.15, 0.2) is 0 Å². The number of benzene rings is 2. The molecule has 2 aromatic rings. The standard InChI is InChI=1S/C25H28ClN3O3/c1-16-20(26)11-7-13-22(16)29-15-17(14-23(29)30)24(31)28-21-12-6-5-10-19(21)25(32)27-18-8-3-2-4-9-18/h5-7,10-13,17-18H,2-4,8-9,14-15H2,1H3,(H,27,32)(H,28,31)/t17-/m1/s1. The molecule has 0 unspecified atom stereocenters. The lowest BCUT2D eigenvalue weighted by Crippen LogP contribution is -2.36. The molecular formula is C25H28ClN3O3. The van der Waals surface area contributed by atoms with Gasteiger partial charge in [0.05, 0.1) is 17.2 Å². The second-order valence-corrected chi connectivity index (χ2v) is 9.04. The van der Waals surface area contributed by atoms with E-state index in [2.05, 4.69) is 10.6 Å². The number of halogens is 1. The van der Waals surface area contributed by atoms with E-state index in [-0.39, 0.29) is 36.7 Å². The Morgan fingerprint density at radius 2 is 1.78 bits per heavy atom. The molecule has 7 heteroatoms. The van der Waals surface area contributed by atoms with Gasteiger partial charge in [0.1, 0.15) is 0 Å². The fraction of sp³-hybridized carbons (Fsp3) is 0.400. The molecule has 6 nitrogen and oxygen atoms in total. The molecule has 168 valence electrons. The molecular weight excluding hydrogens is 426 g/mol. The van der Waals surface area contributed by atoms with Gasteiger partial charge < -0.3 is 15.5 Å². The molecule has 0 bridgehead atoms. The van der Waals surface area contributed by atoms with Gasteiger partial charge in [0, 0.05) is 29.7 Å². The zero-order valence-electron chi connectivity index (χ0n) is 18.2. The number of carbonyl (C=O) groups is 3. The topological polar surface area (TPSA) is 78.5 Å². The van der Waals surface area contributed by atoms with Gasteiger partial charge in [0.25, 0.3) is 5.91 Å². The van der Waals surface area contributed by atoms with Crippen molar-refractivity contribution in [3.8, 4) is 0 Å². The van der Waals surface area contributed by atoms with Gasteiger partial charge in [-0.15, -0.1) is 0 Å². The van der Waals surface area contributed by atoms with E-state index in [9.17, 15) is 14.4 Å². The molecule has 1 saturated heterocycles. The van der Waals surface area contributed by atoms with Gasteiger partial charge >= 0.3 is 0 Å². The summed E-state index contributed by atoms with van der Waals surface area (Å²) < 4.78 is 0. The summed E-state index contributed by atoms with van der Waals surface area (Å²) >= 11 is 6.21. The van der Waals surface area contributed by atoms with Crippen LogP contribution in [0.25, 0.3) is 0 Å². The second kappa shape index (κ2) is 9.74. The number of anilines is 2. The quantitative estimate of drug-likeness (QED) is 0.688. The molecule has 4 rings (SSSR count). The minimum absolute atomic E-state index is 0.112. The number of nitrogens with one attached hydrogen (secondary N) is 2. The third-order valence-corrected chi connectivity index (χ3v) is 6.81. The average Bonchev–Trinajstić information content (AvgIpc) is 3.18.